The van der Waals surface area contributed by atoms with E-state index in [0.29, 0.717) is 30.8 Å². The number of carbonyl (C=O) groups is 1. The predicted molar refractivity (Wildman–Crippen MR) is 130 cm³/mol. The van der Waals surface area contributed by atoms with Crippen molar-refractivity contribution in [3.63, 3.8) is 0 Å². The number of aryl methyl sites for hydroxylation is 2. The zero-order valence-electron chi connectivity index (χ0n) is 19.6. The molecule has 8 heteroatoms. The molecule has 0 aliphatic carbocycles. The van der Waals surface area contributed by atoms with Crippen molar-refractivity contribution >= 4 is 17.2 Å². The summed E-state index contributed by atoms with van der Waals surface area (Å²) in [6, 6.07) is 7.96. The fourth-order valence-electron chi connectivity index (χ4n) is 4.40. The number of ether oxygens (including phenoxy) is 1. The Balaban J connectivity index is 1.61. The Morgan fingerprint density at radius 1 is 1.21 bits per heavy atom. The summed E-state index contributed by atoms with van der Waals surface area (Å²) in [7, 11) is 3.27. The Hall–Kier alpha value is -2.97. The van der Waals surface area contributed by atoms with Gasteiger partial charge in [-0.1, -0.05) is 23.8 Å². The van der Waals surface area contributed by atoms with Gasteiger partial charge in [-0.25, -0.2) is 4.98 Å². The van der Waals surface area contributed by atoms with Crippen molar-refractivity contribution < 1.29 is 9.53 Å². The third-order valence-electron chi connectivity index (χ3n) is 6.21. The summed E-state index contributed by atoms with van der Waals surface area (Å²) in [6.07, 6.45) is 2.33. The van der Waals surface area contributed by atoms with Crippen molar-refractivity contribution in [3.05, 3.63) is 79.2 Å². The van der Waals surface area contributed by atoms with E-state index in [1.165, 1.54) is 41.2 Å². The summed E-state index contributed by atoms with van der Waals surface area (Å²) >= 11 is 1.51. The van der Waals surface area contributed by atoms with Gasteiger partial charge in [-0.05, 0) is 25.0 Å². The summed E-state index contributed by atoms with van der Waals surface area (Å²) in [5.74, 6) is 0.179. The predicted octanol–water partition coefficient (Wildman–Crippen LogP) is 3.26. The highest BCUT2D eigenvalue weighted by molar-refractivity contribution is 7.09. The normalized spacial score (nSPS) is 13.9. The van der Waals surface area contributed by atoms with Crippen LogP contribution < -0.4 is 10.3 Å². The van der Waals surface area contributed by atoms with Crippen LogP contribution >= 0.6 is 11.3 Å². The van der Waals surface area contributed by atoms with Crippen LogP contribution in [0.4, 0.5) is 0 Å². The van der Waals surface area contributed by atoms with Crippen LogP contribution in [0.15, 0.2) is 40.6 Å². The van der Waals surface area contributed by atoms with Crippen molar-refractivity contribution in [3.8, 4) is 5.75 Å². The number of methoxy groups -OCH3 is 1. The van der Waals surface area contributed by atoms with Crippen LogP contribution in [0.5, 0.6) is 5.75 Å². The molecule has 0 unspecified atom stereocenters. The van der Waals surface area contributed by atoms with Gasteiger partial charge in [-0.2, -0.15) is 0 Å². The maximum Gasteiger partial charge on any atom is 0.259 e. The molecule has 0 spiro atoms. The maximum absolute atomic E-state index is 13.5. The number of hydrogen-bond donors (Lipinski definition) is 0. The Morgan fingerprint density at radius 3 is 2.73 bits per heavy atom. The zero-order chi connectivity index (χ0) is 23.5. The number of nitrogens with zero attached hydrogens (tertiary/aromatic N) is 4. The van der Waals surface area contributed by atoms with Gasteiger partial charge < -0.3 is 14.2 Å². The lowest BCUT2D eigenvalue weighted by Gasteiger charge is -2.21. The molecule has 1 aromatic carbocycles. The van der Waals surface area contributed by atoms with Crippen molar-refractivity contribution in [1.29, 1.82) is 0 Å². The zero-order valence-corrected chi connectivity index (χ0v) is 20.4. The molecule has 0 fully saturated rings. The van der Waals surface area contributed by atoms with Crippen molar-refractivity contribution in [2.45, 2.75) is 39.9 Å². The highest BCUT2D eigenvalue weighted by Gasteiger charge is 2.27. The van der Waals surface area contributed by atoms with E-state index in [-0.39, 0.29) is 11.5 Å². The molecule has 2 aromatic heterocycles. The molecule has 3 heterocycles. The van der Waals surface area contributed by atoms with E-state index < -0.39 is 0 Å². The highest BCUT2D eigenvalue weighted by atomic mass is 32.1. The maximum atomic E-state index is 13.5. The van der Waals surface area contributed by atoms with Crippen molar-refractivity contribution in [2.75, 3.05) is 27.2 Å². The average Bonchev–Trinajstić information content (AvgIpc) is 3.20. The van der Waals surface area contributed by atoms with E-state index >= 15 is 0 Å². The van der Waals surface area contributed by atoms with Crippen LogP contribution in [0.3, 0.4) is 0 Å². The molecule has 7 nitrogen and oxygen atoms in total. The fraction of sp³-hybridized carbons (Fsp3) is 0.400. The van der Waals surface area contributed by atoms with Gasteiger partial charge in [0.2, 0.25) is 0 Å². The highest BCUT2D eigenvalue weighted by Crippen LogP contribution is 2.25. The van der Waals surface area contributed by atoms with E-state index in [0.717, 1.165) is 30.3 Å². The number of rotatable bonds is 6. The van der Waals surface area contributed by atoms with Gasteiger partial charge in [0.05, 0.1) is 13.7 Å². The standard InChI is InChI=1S/C25H30N4O3S/c1-17-5-6-19(18(2)13-17)15-28-9-7-20-24(21(32-4)14-23(30)29(20)11-10-28)25(31)27(3)16-22-26-8-12-33-22/h5-6,8,12-14H,7,9-11,15-16H2,1-4H3. The molecular weight excluding hydrogens is 436 g/mol. The average molecular weight is 467 g/mol. The number of benzene rings is 1. The van der Waals surface area contributed by atoms with Crippen molar-refractivity contribution in [2.24, 2.45) is 0 Å². The van der Waals surface area contributed by atoms with Crippen LogP contribution in [-0.4, -0.2) is 52.5 Å². The van der Waals surface area contributed by atoms with E-state index in [2.05, 4.69) is 41.9 Å². The van der Waals surface area contributed by atoms with Gasteiger partial charge in [-0.3, -0.25) is 14.5 Å². The summed E-state index contributed by atoms with van der Waals surface area (Å²) in [4.78, 5) is 34.6. The number of hydrogen-bond acceptors (Lipinski definition) is 6. The van der Waals surface area contributed by atoms with Crippen LogP contribution in [0, 0.1) is 13.8 Å². The van der Waals surface area contributed by atoms with Gasteiger partial charge in [-0.15, -0.1) is 11.3 Å². The Bertz CT molecular complexity index is 1200. The number of thiazole rings is 1. The molecule has 0 saturated carbocycles. The largest absolute Gasteiger partial charge is 0.496 e. The third-order valence-corrected chi connectivity index (χ3v) is 6.98. The summed E-state index contributed by atoms with van der Waals surface area (Å²) < 4.78 is 7.25. The molecule has 0 N–H and O–H groups in total. The number of amides is 1. The molecule has 1 aliphatic rings. The molecule has 0 saturated heterocycles. The molecule has 1 aliphatic heterocycles. The minimum absolute atomic E-state index is 0.130. The summed E-state index contributed by atoms with van der Waals surface area (Å²) in [5, 5.41) is 2.76. The minimum atomic E-state index is -0.159. The van der Waals surface area contributed by atoms with E-state index in [1.807, 2.05) is 5.38 Å². The second-order valence-corrected chi connectivity index (χ2v) is 9.55. The third kappa shape index (κ3) is 5.02. The lowest BCUT2D eigenvalue weighted by atomic mass is 10.0. The Kier molecular flexibility index (Phi) is 6.95. The van der Waals surface area contributed by atoms with Gasteiger partial charge in [0.25, 0.3) is 11.5 Å². The number of aromatic nitrogens is 2. The molecule has 1 amide bonds. The monoisotopic (exact) mass is 466 g/mol. The molecule has 3 aromatic rings. The fourth-order valence-corrected chi connectivity index (χ4v) is 5.07. The lowest BCUT2D eigenvalue weighted by molar-refractivity contribution is 0.0779. The van der Waals surface area contributed by atoms with Gasteiger partial charge >= 0.3 is 0 Å². The lowest BCUT2D eigenvalue weighted by Crippen LogP contribution is -2.32. The molecule has 0 bridgehead atoms. The van der Waals surface area contributed by atoms with E-state index in [4.69, 9.17) is 4.74 Å². The second kappa shape index (κ2) is 9.89. The first-order valence-electron chi connectivity index (χ1n) is 11.1. The number of fused-ring (bicyclic) bond motifs is 1. The number of carbonyl (C=O) groups excluding carboxylic acids is 1. The molecule has 174 valence electrons. The molecule has 4 rings (SSSR count). The molecular formula is C25H30N4O3S. The minimum Gasteiger partial charge on any atom is -0.496 e. The smallest absolute Gasteiger partial charge is 0.259 e. The summed E-state index contributed by atoms with van der Waals surface area (Å²) in [5.41, 5.74) is 4.91. The van der Waals surface area contributed by atoms with Gasteiger partial charge in [0, 0.05) is 63.0 Å². The topological polar surface area (TPSA) is 67.7 Å². The van der Waals surface area contributed by atoms with Crippen LogP contribution in [0.1, 0.15) is 37.7 Å². The molecule has 0 atom stereocenters. The van der Waals surface area contributed by atoms with E-state index in [9.17, 15) is 9.59 Å². The Labute approximate surface area is 198 Å². The SMILES string of the molecule is COc1cc(=O)n2c(c1C(=O)N(C)Cc1nccs1)CCN(Cc1ccc(C)cc1C)CC2. The van der Waals surface area contributed by atoms with Crippen LogP contribution in [-0.2, 0) is 26.1 Å². The first kappa shape index (κ1) is 23.2. The first-order chi connectivity index (χ1) is 15.9. The molecule has 33 heavy (non-hydrogen) atoms. The van der Waals surface area contributed by atoms with Crippen LogP contribution in [0.25, 0.3) is 0 Å². The van der Waals surface area contributed by atoms with Crippen molar-refractivity contribution in [1.82, 2.24) is 19.4 Å². The van der Waals surface area contributed by atoms with Crippen LogP contribution in [0.2, 0.25) is 0 Å². The molecule has 0 radical (unpaired) electrons. The van der Waals surface area contributed by atoms with Gasteiger partial charge in [0.15, 0.2) is 0 Å². The van der Waals surface area contributed by atoms with Gasteiger partial charge in [0.1, 0.15) is 16.3 Å². The summed E-state index contributed by atoms with van der Waals surface area (Å²) in [6.45, 7) is 7.52. The quantitative estimate of drug-likeness (QED) is 0.558. The Morgan fingerprint density at radius 2 is 2.03 bits per heavy atom. The second-order valence-electron chi connectivity index (χ2n) is 8.57. The first-order valence-corrected chi connectivity index (χ1v) is 12.0. The van der Waals surface area contributed by atoms with E-state index in [1.54, 1.807) is 22.7 Å². The number of pyridine rings is 1.